The first-order valence-corrected chi connectivity index (χ1v) is 8.62. The average Bonchev–Trinajstić information content (AvgIpc) is 3.01. The molecule has 0 atom stereocenters. The van der Waals surface area contributed by atoms with Crippen LogP contribution in [0.4, 0.5) is 10.1 Å². The number of benzene rings is 3. The zero-order chi connectivity index (χ0) is 20.8. The van der Waals surface area contributed by atoms with E-state index in [-0.39, 0.29) is 41.3 Å². The molecule has 1 amide bonds. The van der Waals surface area contributed by atoms with Gasteiger partial charge in [0.2, 0.25) is 0 Å². The van der Waals surface area contributed by atoms with Crippen molar-refractivity contribution >= 4 is 34.4 Å². The number of hydrogen-bond donors (Lipinski definition) is 4. The second-order valence-corrected chi connectivity index (χ2v) is 6.12. The van der Waals surface area contributed by atoms with Gasteiger partial charge in [-0.3, -0.25) is 15.0 Å². The van der Waals surface area contributed by atoms with E-state index in [1.54, 1.807) is 24.3 Å². The molecule has 1 fully saturated rings. The van der Waals surface area contributed by atoms with Crippen LogP contribution < -0.4 is 45.8 Å². The molecule has 0 radical (unpaired) electrons. The summed E-state index contributed by atoms with van der Waals surface area (Å²) in [6.07, 6.45) is 1.73. The van der Waals surface area contributed by atoms with E-state index in [9.17, 15) is 9.18 Å². The van der Waals surface area contributed by atoms with Crippen molar-refractivity contribution in [2.24, 2.45) is 0 Å². The van der Waals surface area contributed by atoms with E-state index in [4.69, 9.17) is 9.90 Å². The summed E-state index contributed by atoms with van der Waals surface area (Å²) >= 11 is 0. The number of nitrogens with zero attached hydrogens (tertiary/aromatic N) is 1. The largest absolute Gasteiger partial charge is 1.00 e. The van der Waals surface area contributed by atoms with Gasteiger partial charge in [0, 0.05) is 6.92 Å². The van der Waals surface area contributed by atoms with E-state index in [2.05, 4.69) is 22.3 Å². The molecular formula is C21H18FN4NaO3. The molecule has 1 heterocycles. The predicted molar refractivity (Wildman–Crippen MR) is 107 cm³/mol. The number of amides is 1. The van der Waals surface area contributed by atoms with E-state index >= 15 is 0 Å². The maximum Gasteiger partial charge on any atom is 1.00 e. The second kappa shape index (κ2) is 10.7. The van der Waals surface area contributed by atoms with E-state index in [1.165, 1.54) is 17.4 Å². The molecule has 1 aliphatic heterocycles. The van der Waals surface area contributed by atoms with Gasteiger partial charge in [-0.1, -0.05) is 23.9 Å². The van der Waals surface area contributed by atoms with Crippen LogP contribution in [0.2, 0.25) is 0 Å². The van der Waals surface area contributed by atoms with Gasteiger partial charge in [0.25, 0.3) is 11.9 Å². The Morgan fingerprint density at radius 3 is 2.43 bits per heavy atom. The van der Waals surface area contributed by atoms with Crippen molar-refractivity contribution in [3.8, 4) is 0 Å². The summed E-state index contributed by atoms with van der Waals surface area (Å²) < 4.78 is 13.2. The SMILES string of the molecule is CC(=O)O.O=C1NN(Nc2cc[c-]cc2)NC1=Cc1ccc2cc(F)ccc2c1.[Na+]. The van der Waals surface area contributed by atoms with Crippen molar-refractivity contribution in [1.82, 2.24) is 16.1 Å². The smallest absolute Gasteiger partial charge is 0.481 e. The molecule has 148 valence electrons. The van der Waals surface area contributed by atoms with Crippen LogP contribution in [0.3, 0.4) is 0 Å². The maximum absolute atomic E-state index is 13.2. The van der Waals surface area contributed by atoms with Crippen molar-refractivity contribution in [2.75, 3.05) is 5.43 Å². The van der Waals surface area contributed by atoms with Crippen molar-refractivity contribution in [3.05, 3.63) is 83.8 Å². The maximum atomic E-state index is 13.2. The molecule has 3 aromatic carbocycles. The zero-order valence-electron chi connectivity index (χ0n) is 16.4. The summed E-state index contributed by atoms with van der Waals surface area (Å²) in [5, 5.41) is 10.5. The van der Waals surface area contributed by atoms with Gasteiger partial charge in [0.15, 0.2) is 0 Å². The Morgan fingerprint density at radius 1 is 1.10 bits per heavy atom. The van der Waals surface area contributed by atoms with Crippen molar-refractivity contribution < 1.29 is 48.6 Å². The first-order chi connectivity index (χ1) is 13.9. The van der Waals surface area contributed by atoms with E-state index < -0.39 is 5.97 Å². The monoisotopic (exact) mass is 416 g/mol. The fraction of sp³-hybridized carbons (Fsp3) is 0.0476. The van der Waals surface area contributed by atoms with Crippen LogP contribution in [-0.4, -0.2) is 22.2 Å². The Labute approximate surface area is 194 Å². The molecule has 0 aromatic heterocycles. The molecule has 0 spiro atoms. The van der Waals surface area contributed by atoms with Gasteiger partial charge in [-0.25, -0.2) is 9.82 Å². The number of carboxylic acid groups (broad SMARTS) is 1. The van der Waals surface area contributed by atoms with Gasteiger partial charge in [-0.15, -0.1) is 12.1 Å². The van der Waals surface area contributed by atoms with E-state index in [1.807, 2.05) is 30.3 Å². The number of hydrazine groups is 3. The summed E-state index contributed by atoms with van der Waals surface area (Å²) in [7, 11) is 0. The number of aliphatic carboxylic acids is 1. The quantitative estimate of drug-likeness (QED) is 0.275. The molecule has 3 aromatic rings. The molecular weight excluding hydrogens is 398 g/mol. The number of anilines is 1. The zero-order valence-corrected chi connectivity index (χ0v) is 18.4. The summed E-state index contributed by atoms with van der Waals surface area (Å²) in [5.41, 5.74) is 10.7. The van der Waals surface area contributed by atoms with E-state index in [0.29, 0.717) is 5.70 Å². The third-order valence-corrected chi connectivity index (χ3v) is 3.79. The van der Waals surface area contributed by atoms with Crippen LogP contribution in [-0.2, 0) is 9.59 Å². The van der Waals surface area contributed by atoms with Crippen molar-refractivity contribution in [1.29, 1.82) is 0 Å². The minimum Gasteiger partial charge on any atom is -0.481 e. The number of fused-ring (bicyclic) bond motifs is 1. The average molecular weight is 416 g/mol. The van der Waals surface area contributed by atoms with Crippen LogP contribution in [0, 0.1) is 11.9 Å². The number of hydrogen-bond acceptors (Lipinski definition) is 5. The molecule has 0 aliphatic carbocycles. The third kappa shape index (κ3) is 6.57. The fourth-order valence-electron chi connectivity index (χ4n) is 2.60. The number of halogens is 1. The first kappa shape index (κ1) is 23.4. The molecule has 0 saturated carbocycles. The minimum atomic E-state index is -0.833. The van der Waals surface area contributed by atoms with Gasteiger partial charge >= 0.3 is 29.6 Å². The van der Waals surface area contributed by atoms with Crippen LogP contribution in [0.25, 0.3) is 16.8 Å². The molecule has 1 saturated heterocycles. The van der Waals surface area contributed by atoms with Gasteiger partial charge in [-0.2, -0.15) is 18.2 Å². The summed E-state index contributed by atoms with van der Waals surface area (Å²) in [5.74, 6) is -1.36. The molecule has 7 nitrogen and oxygen atoms in total. The molecule has 4 N–H and O–H groups in total. The Bertz CT molecular complexity index is 1070. The first-order valence-electron chi connectivity index (χ1n) is 8.62. The molecule has 30 heavy (non-hydrogen) atoms. The van der Waals surface area contributed by atoms with Gasteiger partial charge in [0.1, 0.15) is 11.5 Å². The third-order valence-electron chi connectivity index (χ3n) is 3.79. The Hall–Kier alpha value is -2.91. The Morgan fingerprint density at radius 2 is 1.73 bits per heavy atom. The Balaban J connectivity index is 0.000000591. The fourth-order valence-corrected chi connectivity index (χ4v) is 2.60. The molecule has 1 aliphatic rings. The second-order valence-electron chi connectivity index (χ2n) is 6.12. The standard InChI is InChI=1S/C19H14FN4O.C2H4O2.Na/c20-16-9-8-14-10-13(6-7-15(14)12-16)11-18-19(25)23-24(22-18)21-17-4-2-1-3-5-17;1-2(3)4;/h2-12,21-22H,(H,23,25);1H3,(H,3,4);/q-1;;+1. The van der Waals surface area contributed by atoms with Crippen LogP contribution in [0.5, 0.6) is 0 Å². The van der Waals surface area contributed by atoms with Crippen molar-refractivity contribution in [2.45, 2.75) is 6.92 Å². The van der Waals surface area contributed by atoms with E-state index in [0.717, 1.165) is 28.9 Å². The molecule has 0 bridgehead atoms. The van der Waals surface area contributed by atoms with Crippen molar-refractivity contribution in [3.63, 3.8) is 0 Å². The van der Waals surface area contributed by atoms with Gasteiger partial charge in [-0.05, 0) is 45.8 Å². The number of carbonyl (C=O) groups is 2. The number of nitrogens with one attached hydrogen (secondary N) is 3. The molecule has 4 rings (SSSR count). The summed E-state index contributed by atoms with van der Waals surface area (Å²) in [6, 6.07) is 20.3. The topological polar surface area (TPSA) is 93.7 Å². The molecule has 9 heteroatoms. The number of carbonyl (C=O) groups excluding carboxylic acids is 1. The Kier molecular flexibility index (Phi) is 8.37. The minimum absolute atomic E-state index is 0. The molecule has 0 unspecified atom stereocenters. The normalized spacial score (nSPS) is 14.2. The van der Waals surface area contributed by atoms with Crippen LogP contribution >= 0.6 is 0 Å². The number of carboxylic acids is 1. The van der Waals surface area contributed by atoms with Crippen LogP contribution in [0.1, 0.15) is 12.5 Å². The van der Waals surface area contributed by atoms with Gasteiger partial charge < -0.3 is 10.5 Å². The number of rotatable bonds is 3. The van der Waals surface area contributed by atoms with Gasteiger partial charge in [0.05, 0.1) is 0 Å². The summed E-state index contributed by atoms with van der Waals surface area (Å²) in [4.78, 5) is 21.1. The predicted octanol–water partition coefficient (Wildman–Crippen LogP) is 0.0934. The summed E-state index contributed by atoms with van der Waals surface area (Å²) in [6.45, 7) is 1.08. The van der Waals surface area contributed by atoms with Crippen LogP contribution in [0.15, 0.2) is 66.4 Å².